The first kappa shape index (κ1) is 24.9. The van der Waals surface area contributed by atoms with E-state index in [1.54, 1.807) is 13.8 Å². The molecule has 12 heteroatoms. The Kier molecular flexibility index (Phi) is 5.84. The Morgan fingerprint density at radius 1 is 1.09 bits per heavy atom. The van der Waals surface area contributed by atoms with Gasteiger partial charge in [-0.2, -0.15) is 26.3 Å². The summed E-state index contributed by atoms with van der Waals surface area (Å²) in [6.07, 6.45) is -9.69. The lowest BCUT2D eigenvalue weighted by Crippen LogP contribution is -2.60. The Morgan fingerprint density at radius 2 is 1.77 bits per heavy atom. The van der Waals surface area contributed by atoms with Crippen molar-refractivity contribution in [2.45, 2.75) is 43.9 Å². The molecule has 0 aliphatic carbocycles. The van der Waals surface area contributed by atoms with Crippen molar-refractivity contribution in [1.82, 2.24) is 9.88 Å². The quantitative estimate of drug-likeness (QED) is 0.529. The first-order chi connectivity index (χ1) is 16.2. The lowest BCUT2D eigenvalue weighted by Gasteiger charge is -2.44. The van der Waals surface area contributed by atoms with Gasteiger partial charge in [-0.05, 0) is 24.3 Å². The van der Waals surface area contributed by atoms with E-state index in [-0.39, 0.29) is 41.9 Å². The van der Waals surface area contributed by atoms with Gasteiger partial charge in [-0.15, -0.1) is 0 Å². The molecule has 1 aromatic heterocycles. The van der Waals surface area contributed by atoms with Gasteiger partial charge in [0.2, 0.25) is 5.91 Å². The Bertz CT molecular complexity index is 1150. The zero-order valence-corrected chi connectivity index (χ0v) is 18.5. The SMILES string of the molecule is CC(C)C(=O)N1CC(F)(c2ccc(C3=NOC(c4cccc(C(F)(F)F)c4)(C(F)(F)F)C3)cn2)C1. The van der Waals surface area contributed by atoms with Gasteiger partial charge in [0.05, 0.1) is 36.5 Å². The fourth-order valence-corrected chi connectivity index (χ4v) is 4.08. The summed E-state index contributed by atoms with van der Waals surface area (Å²) in [6, 6.07) is 5.42. The smallest absolute Gasteiger partial charge is 0.374 e. The highest BCUT2D eigenvalue weighted by atomic mass is 19.4. The first-order valence-corrected chi connectivity index (χ1v) is 10.6. The summed E-state index contributed by atoms with van der Waals surface area (Å²) in [5.74, 6) is -0.494. The van der Waals surface area contributed by atoms with Gasteiger partial charge in [0.15, 0.2) is 5.67 Å². The van der Waals surface area contributed by atoms with Gasteiger partial charge in [-0.1, -0.05) is 31.1 Å². The molecular weight excluding hydrogens is 483 g/mol. The molecule has 1 fully saturated rings. The van der Waals surface area contributed by atoms with Crippen molar-refractivity contribution in [3.05, 3.63) is 65.0 Å². The molecule has 1 aromatic carbocycles. The van der Waals surface area contributed by atoms with Crippen LogP contribution in [-0.4, -0.2) is 40.8 Å². The van der Waals surface area contributed by atoms with Gasteiger partial charge >= 0.3 is 12.4 Å². The van der Waals surface area contributed by atoms with E-state index < -0.39 is 41.2 Å². The molecule has 2 aliphatic rings. The van der Waals surface area contributed by atoms with Crippen LogP contribution in [0.3, 0.4) is 0 Å². The minimum Gasteiger partial charge on any atom is -0.374 e. The summed E-state index contributed by atoms with van der Waals surface area (Å²) >= 11 is 0. The summed E-state index contributed by atoms with van der Waals surface area (Å²) < 4.78 is 96.6. The minimum absolute atomic E-state index is 0.00790. The van der Waals surface area contributed by atoms with Crippen LogP contribution in [0.2, 0.25) is 0 Å². The molecule has 3 heterocycles. The van der Waals surface area contributed by atoms with Crippen LogP contribution in [-0.2, 0) is 27.1 Å². The topological polar surface area (TPSA) is 54.8 Å². The number of halogens is 7. The second kappa shape index (κ2) is 8.20. The maximum Gasteiger partial charge on any atom is 0.435 e. The Balaban J connectivity index is 1.55. The van der Waals surface area contributed by atoms with Crippen molar-refractivity contribution in [3.63, 3.8) is 0 Å². The van der Waals surface area contributed by atoms with E-state index in [0.717, 1.165) is 18.3 Å². The highest BCUT2D eigenvalue weighted by Gasteiger charge is 2.62. The number of pyridine rings is 1. The van der Waals surface area contributed by atoms with E-state index in [0.29, 0.717) is 12.1 Å². The van der Waals surface area contributed by atoms with Gasteiger partial charge in [-0.3, -0.25) is 9.78 Å². The molecule has 4 rings (SSSR count). The van der Waals surface area contributed by atoms with Crippen LogP contribution in [0.25, 0.3) is 0 Å². The molecule has 1 amide bonds. The van der Waals surface area contributed by atoms with E-state index in [2.05, 4.69) is 10.1 Å². The van der Waals surface area contributed by atoms with Crippen LogP contribution in [0.1, 0.15) is 42.7 Å². The number of amides is 1. The minimum atomic E-state index is -5.09. The van der Waals surface area contributed by atoms with Gasteiger partial charge < -0.3 is 9.74 Å². The average Bonchev–Trinajstić information content (AvgIpc) is 3.23. The predicted molar refractivity (Wildman–Crippen MR) is 110 cm³/mol. The van der Waals surface area contributed by atoms with Gasteiger partial charge in [0, 0.05) is 23.2 Å². The predicted octanol–water partition coefficient (Wildman–Crippen LogP) is 5.35. The van der Waals surface area contributed by atoms with E-state index >= 15 is 4.39 Å². The largest absolute Gasteiger partial charge is 0.435 e. The third kappa shape index (κ3) is 4.34. The second-order valence-electron chi connectivity index (χ2n) is 8.96. The number of nitrogens with zero attached hydrogens (tertiary/aromatic N) is 3. The van der Waals surface area contributed by atoms with Crippen LogP contribution in [0.15, 0.2) is 47.8 Å². The molecular formula is C23H20F7N3O2. The molecule has 2 aliphatic heterocycles. The summed E-state index contributed by atoms with van der Waals surface area (Å²) in [4.78, 5) is 22.1. The number of benzene rings is 1. The molecule has 1 unspecified atom stereocenters. The van der Waals surface area contributed by atoms with E-state index in [9.17, 15) is 31.1 Å². The van der Waals surface area contributed by atoms with Crippen LogP contribution in [0.5, 0.6) is 0 Å². The molecule has 5 nitrogen and oxygen atoms in total. The molecule has 0 N–H and O–H groups in total. The Labute approximate surface area is 195 Å². The first-order valence-electron chi connectivity index (χ1n) is 10.6. The highest BCUT2D eigenvalue weighted by molar-refractivity contribution is 6.01. The third-order valence-corrected chi connectivity index (χ3v) is 6.09. The van der Waals surface area contributed by atoms with E-state index in [1.807, 2.05) is 0 Å². The van der Waals surface area contributed by atoms with Crippen LogP contribution in [0.4, 0.5) is 30.7 Å². The summed E-state index contributed by atoms with van der Waals surface area (Å²) in [5.41, 5.74) is -7.08. The molecule has 0 saturated carbocycles. The number of carbonyl (C=O) groups is 1. The summed E-state index contributed by atoms with van der Waals surface area (Å²) in [7, 11) is 0. The zero-order valence-electron chi connectivity index (χ0n) is 18.5. The van der Waals surface area contributed by atoms with E-state index in [4.69, 9.17) is 4.84 Å². The Hall–Kier alpha value is -3.18. The summed E-state index contributed by atoms with van der Waals surface area (Å²) in [5, 5.41) is 3.50. The molecule has 0 spiro atoms. The maximum atomic E-state index is 15.1. The van der Waals surface area contributed by atoms with Crippen LogP contribution < -0.4 is 0 Å². The monoisotopic (exact) mass is 503 g/mol. The zero-order chi connectivity index (χ0) is 25.8. The normalized spacial score (nSPS) is 22.0. The van der Waals surface area contributed by atoms with Crippen LogP contribution in [0, 0.1) is 5.92 Å². The van der Waals surface area contributed by atoms with Crippen molar-refractivity contribution in [3.8, 4) is 0 Å². The van der Waals surface area contributed by atoms with Crippen molar-refractivity contribution >= 4 is 11.6 Å². The summed E-state index contributed by atoms with van der Waals surface area (Å²) in [6.45, 7) is 3.01. The Morgan fingerprint density at radius 3 is 2.31 bits per heavy atom. The number of hydrogen-bond donors (Lipinski definition) is 0. The number of oxime groups is 1. The molecule has 2 aromatic rings. The number of aromatic nitrogens is 1. The van der Waals surface area contributed by atoms with Crippen LogP contribution >= 0.6 is 0 Å². The molecule has 188 valence electrons. The van der Waals surface area contributed by atoms with E-state index in [1.165, 1.54) is 17.0 Å². The lowest BCUT2D eigenvalue weighted by atomic mass is 9.85. The number of carbonyl (C=O) groups excluding carboxylic acids is 1. The highest BCUT2D eigenvalue weighted by Crippen LogP contribution is 2.49. The van der Waals surface area contributed by atoms with Gasteiger partial charge in [0.25, 0.3) is 5.60 Å². The number of likely N-dealkylation sites (tertiary alicyclic amines) is 1. The number of alkyl halides is 7. The fraction of sp³-hybridized carbons (Fsp3) is 0.435. The molecule has 0 bridgehead atoms. The standard InChI is InChI=1S/C23H20F7N3O2/c1-13(2)19(34)33-11-20(24,12-33)18-7-6-14(10-31-18)17-9-21(35-32-17,23(28,29)30)15-4-3-5-16(8-15)22(25,26)27/h3-8,10,13H,9,11-12H2,1-2H3. The lowest BCUT2D eigenvalue weighted by molar-refractivity contribution is -0.276. The molecule has 0 radical (unpaired) electrons. The van der Waals surface area contributed by atoms with Gasteiger partial charge in [0.1, 0.15) is 0 Å². The maximum absolute atomic E-state index is 15.1. The number of rotatable bonds is 4. The molecule has 1 saturated heterocycles. The van der Waals surface area contributed by atoms with Crippen molar-refractivity contribution in [1.29, 1.82) is 0 Å². The van der Waals surface area contributed by atoms with Gasteiger partial charge in [-0.25, -0.2) is 4.39 Å². The second-order valence-corrected chi connectivity index (χ2v) is 8.96. The van der Waals surface area contributed by atoms with Crippen molar-refractivity contribution in [2.24, 2.45) is 11.1 Å². The van der Waals surface area contributed by atoms with Crippen molar-refractivity contribution < 1.29 is 40.4 Å². The van der Waals surface area contributed by atoms with Crippen molar-refractivity contribution in [2.75, 3.05) is 13.1 Å². The fourth-order valence-electron chi connectivity index (χ4n) is 4.08. The molecule has 35 heavy (non-hydrogen) atoms. The average molecular weight is 503 g/mol. The third-order valence-electron chi connectivity index (χ3n) is 6.09. The number of hydrogen-bond acceptors (Lipinski definition) is 4. The molecule has 1 atom stereocenters.